The van der Waals surface area contributed by atoms with Gasteiger partial charge in [-0.3, -0.25) is 4.79 Å². The second kappa shape index (κ2) is 6.95. The number of thioether (sulfide) groups is 1. The largest absolute Gasteiger partial charge is 0.397 e. The molecule has 0 aliphatic carbocycles. The standard InChI is InChI=1S/C12H14F3N3O3S2/c13-12(14,15)8-22-5-3-16-11(19)9-1-2-10-17-23(20,21)6-4-18(10)7-9/h1-2,7H,3-6,8H2,(H,16,19). The molecule has 2 rings (SSSR count). The van der Waals surface area contributed by atoms with Crippen LogP contribution in [-0.2, 0) is 14.8 Å². The van der Waals surface area contributed by atoms with E-state index in [1.807, 2.05) is 0 Å². The number of hydrogen-bond donors (Lipinski definition) is 1. The number of hydrogen-bond acceptors (Lipinski definition) is 5. The highest BCUT2D eigenvalue weighted by Crippen LogP contribution is 2.20. The van der Waals surface area contributed by atoms with Crippen molar-refractivity contribution in [2.75, 3.05) is 30.3 Å². The van der Waals surface area contributed by atoms with Crippen LogP contribution in [0.5, 0.6) is 0 Å². The maximum atomic E-state index is 12.0. The van der Waals surface area contributed by atoms with Crippen LogP contribution in [0.2, 0.25) is 0 Å². The highest BCUT2D eigenvalue weighted by molar-refractivity contribution is 7.99. The molecule has 0 unspecified atom stereocenters. The van der Waals surface area contributed by atoms with Crippen molar-refractivity contribution in [3.8, 4) is 0 Å². The molecule has 2 heterocycles. The summed E-state index contributed by atoms with van der Waals surface area (Å²) in [6, 6.07) is 0. The number of alkyl halides is 3. The topological polar surface area (TPSA) is 78.8 Å². The number of amidine groups is 1. The maximum Gasteiger partial charge on any atom is 0.397 e. The summed E-state index contributed by atoms with van der Waals surface area (Å²) in [7, 11) is -3.45. The summed E-state index contributed by atoms with van der Waals surface area (Å²) in [6.07, 6.45) is 0.109. The third-order valence-corrected chi connectivity index (χ3v) is 5.07. The third-order valence-electron chi connectivity index (χ3n) is 2.88. The number of carbonyl (C=O) groups excluding carboxylic acids is 1. The summed E-state index contributed by atoms with van der Waals surface area (Å²) in [4.78, 5) is 13.5. The highest BCUT2D eigenvalue weighted by atomic mass is 32.2. The molecule has 1 amide bonds. The van der Waals surface area contributed by atoms with E-state index in [-0.39, 0.29) is 30.4 Å². The summed E-state index contributed by atoms with van der Waals surface area (Å²) < 4.78 is 62.2. The molecule has 1 N–H and O–H groups in total. The first-order valence-electron chi connectivity index (χ1n) is 6.58. The van der Waals surface area contributed by atoms with Crippen molar-refractivity contribution in [1.82, 2.24) is 10.2 Å². The van der Waals surface area contributed by atoms with E-state index in [9.17, 15) is 26.4 Å². The van der Waals surface area contributed by atoms with Gasteiger partial charge in [-0.1, -0.05) is 0 Å². The lowest BCUT2D eigenvalue weighted by Crippen LogP contribution is -2.38. The molecular formula is C12H14F3N3O3S2. The summed E-state index contributed by atoms with van der Waals surface area (Å²) in [6.45, 7) is 0.309. The molecule has 11 heteroatoms. The van der Waals surface area contributed by atoms with Crippen LogP contribution in [0.4, 0.5) is 13.2 Å². The van der Waals surface area contributed by atoms with E-state index < -0.39 is 27.9 Å². The van der Waals surface area contributed by atoms with Crippen molar-refractivity contribution >= 4 is 33.5 Å². The van der Waals surface area contributed by atoms with E-state index >= 15 is 0 Å². The Morgan fingerprint density at radius 2 is 2.13 bits per heavy atom. The molecule has 23 heavy (non-hydrogen) atoms. The maximum absolute atomic E-state index is 12.0. The van der Waals surface area contributed by atoms with Gasteiger partial charge in [0.25, 0.3) is 15.9 Å². The molecule has 0 saturated carbocycles. The minimum Gasteiger partial charge on any atom is -0.351 e. The Morgan fingerprint density at radius 1 is 1.39 bits per heavy atom. The summed E-state index contributed by atoms with van der Waals surface area (Å²) in [5.41, 5.74) is 0.295. The fraction of sp³-hybridized carbons (Fsp3) is 0.500. The number of carbonyl (C=O) groups is 1. The Balaban J connectivity index is 1.83. The van der Waals surface area contributed by atoms with Gasteiger partial charge in [0.2, 0.25) is 0 Å². The molecule has 0 atom stereocenters. The predicted molar refractivity (Wildman–Crippen MR) is 81.5 cm³/mol. The molecule has 6 nitrogen and oxygen atoms in total. The SMILES string of the molecule is O=C(NCCSCC(F)(F)F)C1=CN2CCS(=O)(=O)N=C2C=C1. The summed E-state index contributed by atoms with van der Waals surface area (Å²) in [5.74, 6) is -1.12. The van der Waals surface area contributed by atoms with E-state index in [0.717, 1.165) is 0 Å². The van der Waals surface area contributed by atoms with Gasteiger partial charge in [0.05, 0.1) is 17.1 Å². The quantitative estimate of drug-likeness (QED) is 0.729. The molecule has 0 aromatic carbocycles. The summed E-state index contributed by atoms with van der Waals surface area (Å²) in [5, 5.41) is 2.52. The first-order valence-corrected chi connectivity index (χ1v) is 9.34. The third kappa shape index (κ3) is 5.57. The molecule has 0 spiro atoms. The fourth-order valence-corrected chi connectivity index (χ4v) is 3.45. The van der Waals surface area contributed by atoms with Crippen LogP contribution < -0.4 is 5.32 Å². The zero-order valence-corrected chi connectivity index (χ0v) is 13.5. The van der Waals surface area contributed by atoms with Gasteiger partial charge >= 0.3 is 6.18 Å². The number of nitrogens with zero attached hydrogens (tertiary/aromatic N) is 2. The predicted octanol–water partition coefficient (Wildman–Crippen LogP) is 0.896. The van der Waals surface area contributed by atoms with Crippen molar-refractivity contribution in [1.29, 1.82) is 0 Å². The van der Waals surface area contributed by atoms with Crippen molar-refractivity contribution < 1.29 is 26.4 Å². The van der Waals surface area contributed by atoms with E-state index in [2.05, 4.69) is 9.71 Å². The number of rotatable bonds is 5. The smallest absolute Gasteiger partial charge is 0.351 e. The van der Waals surface area contributed by atoms with Gasteiger partial charge in [0.1, 0.15) is 5.84 Å². The normalized spacial score (nSPS) is 19.7. The van der Waals surface area contributed by atoms with Gasteiger partial charge < -0.3 is 10.2 Å². The molecule has 2 aliphatic heterocycles. The minimum atomic E-state index is -4.21. The molecule has 128 valence electrons. The highest BCUT2D eigenvalue weighted by Gasteiger charge is 2.27. The second-order valence-electron chi connectivity index (χ2n) is 4.77. The molecular weight excluding hydrogens is 355 g/mol. The molecule has 0 saturated heterocycles. The lowest BCUT2D eigenvalue weighted by Gasteiger charge is -2.26. The molecule has 0 aromatic rings. The van der Waals surface area contributed by atoms with Crippen LogP contribution in [-0.4, -0.2) is 61.6 Å². The van der Waals surface area contributed by atoms with E-state index in [1.165, 1.54) is 18.4 Å². The average molecular weight is 369 g/mol. The van der Waals surface area contributed by atoms with E-state index in [1.54, 1.807) is 4.90 Å². The number of nitrogens with one attached hydrogen (secondary N) is 1. The molecule has 0 fully saturated rings. The van der Waals surface area contributed by atoms with Gasteiger partial charge in [-0.25, -0.2) is 8.42 Å². The van der Waals surface area contributed by atoms with Gasteiger partial charge in [-0.15, -0.1) is 4.40 Å². The number of fused-ring (bicyclic) bond motifs is 1. The van der Waals surface area contributed by atoms with Crippen LogP contribution in [0.1, 0.15) is 0 Å². The van der Waals surface area contributed by atoms with Crippen molar-refractivity contribution in [2.24, 2.45) is 4.40 Å². The first kappa shape index (κ1) is 17.9. The number of amides is 1. The zero-order valence-electron chi connectivity index (χ0n) is 11.8. The molecule has 0 radical (unpaired) electrons. The number of sulfonamides is 1. The zero-order chi connectivity index (χ0) is 17.1. The first-order chi connectivity index (χ1) is 10.7. The van der Waals surface area contributed by atoms with Crippen molar-refractivity contribution in [2.45, 2.75) is 6.18 Å². The lowest BCUT2D eigenvalue weighted by molar-refractivity contribution is -0.117. The molecule has 0 bridgehead atoms. The summed E-state index contributed by atoms with van der Waals surface area (Å²) >= 11 is 0.693. The van der Waals surface area contributed by atoms with Gasteiger partial charge in [-0.2, -0.15) is 24.9 Å². The van der Waals surface area contributed by atoms with Gasteiger partial charge in [-0.05, 0) is 12.2 Å². The van der Waals surface area contributed by atoms with Gasteiger partial charge in [0.15, 0.2) is 0 Å². The average Bonchev–Trinajstić information content (AvgIpc) is 2.44. The Labute approximate surface area is 135 Å². The van der Waals surface area contributed by atoms with Crippen molar-refractivity contribution in [3.63, 3.8) is 0 Å². The van der Waals surface area contributed by atoms with Crippen molar-refractivity contribution in [3.05, 3.63) is 23.9 Å². The molecule has 0 aromatic heterocycles. The van der Waals surface area contributed by atoms with Gasteiger partial charge in [0, 0.05) is 25.0 Å². The van der Waals surface area contributed by atoms with Crippen LogP contribution in [0, 0.1) is 0 Å². The van der Waals surface area contributed by atoms with Crippen LogP contribution in [0.25, 0.3) is 0 Å². The van der Waals surface area contributed by atoms with Crippen LogP contribution in [0.3, 0.4) is 0 Å². The minimum absolute atomic E-state index is 0.111. The monoisotopic (exact) mass is 369 g/mol. The Morgan fingerprint density at radius 3 is 2.83 bits per heavy atom. The number of halogens is 3. The van der Waals surface area contributed by atoms with E-state index in [0.29, 0.717) is 17.3 Å². The van der Waals surface area contributed by atoms with E-state index in [4.69, 9.17) is 0 Å². The Bertz CT molecular complexity index is 669. The lowest BCUT2D eigenvalue weighted by atomic mass is 10.2. The molecule has 2 aliphatic rings. The second-order valence-corrected chi connectivity index (χ2v) is 7.63. The van der Waals surface area contributed by atoms with Crippen LogP contribution >= 0.6 is 11.8 Å². The van der Waals surface area contributed by atoms with Crippen LogP contribution in [0.15, 0.2) is 28.3 Å². The Hall–Kier alpha value is -1.49. The fourth-order valence-electron chi connectivity index (χ4n) is 1.86. The Kier molecular flexibility index (Phi) is 5.40.